The Balaban J connectivity index is 1.63. The number of anilines is 1. The molecule has 1 aromatic carbocycles. The van der Waals surface area contributed by atoms with Gasteiger partial charge in [-0.25, -0.2) is 0 Å². The fourth-order valence-electron chi connectivity index (χ4n) is 4.66. The first-order chi connectivity index (χ1) is 15.5. The Bertz CT molecular complexity index is 1250. The van der Waals surface area contributed by atoms with E-state index < -0.39 is 0 Å². The molecule has 5 rings (SSSR count). The first kappa shape index (κ1) is 20.5. The van der Waals surface area contributed by atoms with Crippen molar-refractivity contribution >= 4 is 23.0 Å². The zero-order valence-corrected chi connectivity index (χ0v) is 19.3. The summed E-state index contributed by atoms with van der Waals surface area (Å²) in [5.41, 5.74) is 6.89. The molecule has 0 amide bonds. The first-order valence-electron chi connectivity index (χ1n) is 10.8. The van der Waals surface area contributed by atoms with Crippen LogP contribution in [0.25, 0.3) is 0 Å². The Morgan fingerprint density at radius 2 is 1.91 bits per heavy atom. The van der Waals surface area contributed by atoms with Crippen LogP contribution in [0.15, 0.2) is 77.5 Å². The quantitative estimate of drug-likeness (QED) is 0.406. The average molecular weight is 443 g/mol. The second-order valence-corrected chi connectivity index (χ2v) is 8.71. The van der Waals surface area contributed by atoms with Crippen molar-refractivity contribution in [1.82, 2.24) is 14.9 Å². The average Bonchev–Trinajstić information content (AvgIpc) is 3.49. The van der Waals surface area contributed by atoms with Crippen LogP contribution in [0.5, 0.6) is 0 Å². The molecule has 0 radical (unpaired) electrons. The number of aromatic nitrogens is 2. The van der Waals surface area contributed by atoms with Gasteiger partial charge in [-0.2, -0.15) is 0 Å². The third-order valence-corrected chi connectivity index (χ3v) is 6.52. The Morgan fingerprint density at radius 3 is 2.62 bits per heavy atom. The maximum absolute atomic E-state index is 5.86. The van der Waals surface area contributed by atoms with Crippen molar-refractivity contribution in [3.8, 4) is 0 Å². The smallest absolute Gasteiger partial charge is 0.174 e. The number of furan rings is 1. The van der Waals surface area contributed by atoms with Gasteiger partial charge in [0.05, 0.1) is 30.6 Å². The molecule has 1 fully saturated rings. The number of aryl methyl sites for hydroxylation is 2. The molecule has 0 aliphatic carbocycles. The number of pyridine rings is 1. The third-order valence-electron chi connectivity index (χ3n) is 6.20. The van der Waals surface area contributed by atoms with Gasteiger partial charge in [-0.3, -0.25) is 4.98 Å². The van der Waals surface area contributed by atoms with Crippen LogP contribution in [0, 0.1) is 20.8 Å². The number of nitrogens with one attached hydrogen (secondary N) is 1. The molecular formula is C26H26N4OS. The second-order valence-electron chi connectivity index (χ2n) is 8.33. The molecular weight excluding hydrogens is 416 g/mol. The van der Waals surface area contributed by atoms with Gasteiger partial charge in [-0.05, 0) is 86.6 Å². The standard InChI is InChI=1S/C26H26N4OS/c1-17-8-6-9-20(14-17)30-25(24(28-26(30)32)23-11-4-5-12-27-23)22-15-18(2)29(19(22)3)16-21-10-7-13-31-21/h4-15,24-25H,16H2,1-3H3,(H,28,32)/t24-,25-/m1/s1. The molecule has 0 bridgehead atoms. The van der Waals surface area contributed by atoms with E-state index >= 15 is 0 Å². The van der Waals surface area contributed by atoms with Crippen LogP contribution in [-0.2, 0) is 6.54 Å². The number of thiocarbonyl (C=S) groups is 1. The number of hydrogen-bond acceptors (Lipinski definition) is 3. The molecule has 5 nitrogen and oxygen atoms in total. The zero-order chi connectivity index (χ0) is 22.2. The van der Waals surface area contributed by atoms with Crippen LogP contribution in [0.2, 0.25) is 0 Å². The fraction of sp³-hybridized carbons (Fsp3) is 0.231. The molecule has 0 spiro atoms. The summed E-state index contributed by atoms with van der Waals surface area (Å²) in [4.78, 5) is 6.90. The van der Waals surface area contributed by atoms with E-state index in [2.05, 4.69) is 76.9 Å². The van der Waals surface area contributed by atoms with Crippen molar-refractivity contribution in [1.29, 1.82) is 0 Å². The number of nitrogens with zero attached hydrogens (tertiary/aromatic N) is 3. The van der Waals surface area contributed by atoms with Crippen molar-refractivity contribution in [2.75, 3.05) is 4.90 Å². The van der Waals surface area contributed by atoms with Crippen molar-refractivity contribution < 1.29 is 4.42 Å². The summed E-state index contributed by atoms with van der Waals surface area (Å²) in [5, 5.41) is 4.27. The van der Waals surface area contributed by atoms with Crippen LogP contribution < -0.4 is 10.2 Å². The summed E-state index contributed by atoms with van der Waals surface area (Å²) in [6, 6.07) is 20.7. The Kier molecular flexibility index (Phi) is 5.31. The summed E-state index contributed by atoms with van der Waals surface area (Å²) in [5.74, 6) is 0.940. The monoisotopic (exact) mass is 442 g/mol. The Hall–Kier alpha value is -3.38. The van der Waals surface area contributed by atoms with Gasteiger partial charge < -0.3 is 19.2 Å². The van der Waals surface area contributed by atoms with Gasteiger partial charge in [0.2, 0.25) is 0 Å². The van der Waals surface area contributed by atoms with Crippen LogP contribution in [0.4, 0.5) is 5.69 Å². The Labute approximate surface area is 193 Å². The lowest BCUT2D eigenvalue weighted by atomic mass is 9.96. The van der Waals surface area contributed by atoms with E-state index in [0.717, 1.165) is 17.1 Å². The molecule has 1 aliphatic rings. The predicted molar refractivity (Wildman–Crippen MR) is 131 cm³/mol. The van der Waals surface area contributed by atoms with Gasteiger partial charge in [-0.15, -0.1) is 0 Å². The van der Waals surface area contributed by atoms with E-state index in [1.165, 1.54) is 22.5 Å². The summed E-state index contributed by atoms with van der Waals surface area (Å²) < 4.78 is 7.92. The molecule has 2 atom stereocenters. The highest BCUT2D eigenvalue weighted by Gasteiger charge is 2.42. The van der Waals surface area contributed by atoms with Gasteiger partial charge in [0.1, 0.15) is 5.76 Å². The lowest BCUT2D eigenvalue weighted by molar-refractivity contribution is 0.488. The topological polar surface area (TPSA) is 46.2 Å². The minimum Gasteiger partial charge on any atom is -0.467 e. The number of benzene rings is 1. The molecule has 1 aliphatic heterocycles. The van der Waals surface area contributed by atoms with E-state index in [1.807, 2.05) is 30.5 Å². The van der Waals surface area contributed by atoms with Crippen LogP contribution >= 0.6 is 12.2 Å². The van der Waals surface area contributed by atoms with Gasteiger partial charge >= 0.3 is 0 Å². The first-order valence-corrected chi connectivity index (χ1v) is 11.2. The molecule has 1 N–H and O–H groups in total. The predicted octanol–water partition coefficient (Wildman–Crippen LogP) is 5.63. The van der Waals surface area contributed by atoms with Gasteiger partial charge in [-0.1, -0.05) is 18.2 Å². The zero-order valence-electron chi connectivity index (χ0n) is 18.4. The molecule has 0 saturated carbocycles. The van der Waals surface area contributed by atoms with E-state index in [4.69, 9.17) is 16.6 Å². The van der Waals surface area contributed by atoms with Crippen molar-refractivity contribution in [2.45, 2.75) is 39.4 Å². The lowest BCUT2D eigenvalue weighted by Crippen LogP contribution is -2.29. The minimum absolute atomic E-state index is 0.0178. The number of rotatable bonds is 5. The van der Waals surface area contributed by atoms with Crippen LogP contribution in [-0.4, -0.2) is 14.7 Å². The highest BCUT2D eigenvalue weighted by atomic mass is 32.1. The lowest BCUT2D eigenvalue weighted by Gasteiger charge is -2.28. The summed E-state index contributed by atoms with van der Waals surface area (Å²) in [7, 11) is 0. The van der Waals surface area contributed by atoms with Gasteiger partial charge in [0, 0.05) is 23.3 Å². The normalized spacial score (nSPS) is 18.2. The highest BCUT2D eigenvalue weighted by molar-refractivity contribution is 7.80. The third kappa shape index (κ3) is 3.60. The molecule has 0 unspecified atom stereocenters. The van der Waals surface area contributed by atoms with Gasteiger partial charge in [0.25, 0.3) is 0 Å². The second kappa shape index (κ2) is 8.28. The van der Waals surface area contributed by atoms with E-state index in [9.17, 15) is 0 Å². The molecule has 4 heterocycles. The van der Waals surface area contributed by atoms with Crippen molar-refractivity contribution in [3.63, 3.8) is 0 Å². The van der Waals surface area contributed by atoms with Crippen molar-refractivity contribution in [3.05, 3.63) is 107 Å². The molecule has 1 saturated heterocycles. The fourth-order valence-corrected chi connectivity index (χ4v) is 5.00. The van der Waals surface area contributed by atoms with Crippen LogP contribution in [0.1, 0.15) is 46.1 Å². The van der Waals surface area contributed by atoms with E-state index in [1.54, 1.807) is 6.26 Å². The summed E-state index contributed by atoms with van der Waals surface area (Å²) >= 11 is 5.86. The maximum Gasteiger partial charge on any atom is 0.174 e. The molecule has 4 aromatic rings. The van der Waals surface area contributed by atoms with E-state index in [-0.39, 0.29) is 12.1 Å². The number of hydrogen-bond donors (Lipinski definition) is 1. The maximum atomic E-state index is 5.86. The highest BCUT2D eigenvalue weighted by Crippen LogP contribution is 2.43. The van der Waals surface area contributed by atoms with Gasteiger partial charge in [0.15, 0.2) is 5.11 Å². The molecule has 162 valence electrons. The van der Waals surface area contributed by atoms with Crippen LogP contribution in [0.3, 0.4) is 0 Å². The molecule has 32 heavy (non-hydrogen) atoms. The largest absolute Gasteiger partial charge is 0.467 e. The minimum atomic E-state index is -0.0539. The van der Waals surface area contributed by atoms with E-state index in [0.29, 0.717) is 11.7 Å². The summed E-state index contributed by atoms with van der Waals surface area (Å²) in [6.07, 6.45) is 3.56. The SMILES string of the molecule is Cc1cccc(N2C(=S)N[C@H](c3ccccn3)[C@H]2c2cc(C)n(Cc3ccco3)c2C)c1. The summed E-state index contributed by atoms with van der Waals surface area (Å²) in [6.45, 7) is 7.13. The molecule has 6 heteroatoms. The van der Waals surface area contributed by atoms with Crippen molar-refractivity contribution in [2.24, 2.45) is 0 Å². The molecule has 3 aromatic heterocycles. The Morgan fingerprint density at radius 1 is 1.03 bits per heavy atom.